The summed E-state index contributed by atoms with van der Waals surface area (Å²) in [6.45, 7) is 8.66. The number of hydrogen-bond acceptors (Lipinski definition) is 4. The number of carbonyl (C=O) groups excluding carboxylic acids is 1. The van der Waals surface area contributed by atoms with Gasteiger partial charge in [0.15, 0.2) is 0 Å². The Morgan fingerprint density at radius 2 is 1.88 bits per heavy atom. The van der Waals surface area contributed by atoms with Gasteiger partial charge in [0.25, 0.3) is 10.2 Å². The Labute approximate surface area is 149 Å². The van der Waals surface area contributed by atoms with E-state index in [9.17, 15) is 13.2 Å². The van der Waals surface area contributed by atoms with E-state index in [1.165, 1.54) is 6.92 Å². The SMILES string of the molecule is CC(=O)NCc1cc2n(n1)CCN(S(=O)(=O)N1CCC(C)(C)CC1)C2. The van der Waals surface area contributed by atoms with E-state index in [2.05, 4.69) is 24.3 Å². The Kier molecular flexibility index (Phi) is 4.91. The van der Waals surface area contributed by atoms with E-state index in [1.807, 2.05) is 10.7 Å². The van der Waals surface area contributed by atoms with E-state index in [4.69, 9.17) is 0 Å². The largest absolute Gasteiger partial charge is 0.351 e. The fraction of sp³-hybridized carbons (Fsp3) is 0.750. The summed E-state index contributed by atoms with van der Waals surface area (Å²) in [4.78, 5) is 11.0. The number of hydrogen-bond donors (Lipinski definition) is 1. The average molecular weight is 369 g/mol. The first-order valence-electron chi connectivity index (χ1n) is 8.73. The summed E-state index contributed by atoms with van der Waals surface area (Å²) >= 11 is 0. The minimum Gasteiger partial charge on any atom is -0.351 e. The van der Waals surface area contributed by atoms with Crippen molar-refractivity contribution >= 4 is 16.1 Å². The molecule has 0 aromatic carbocycles. The molecule has 2 aliphatic heterocycles. The number of fused-ring (bicyclic) bond motifs is 1. The van der Waals surface area contributed by atoms with Gasteiger partial charge in [0, 0.05) is 26.6 Å². The third-order valence-electron chi connectivity index (χ3n) is 5.06. The highest BCUT2D eigenvalue weighted by Crippen LogP contribution is 2.32. The van der Waals surface area contributed by atoms with Crippen molar-refractivity contribution in [2.24, 2.45) is 5.41 Å². The summed E-state index contributed by atoms with van der Waals surface area (Å²) in [5.41, 5.74) is 1.84. The van der Waals surface area contributed by atoms with Gasteiger partial charge in [0.2, 0.25) is 5.91 Å². The Hall–Kier alpha value is -1.45. The van der Waals surface area contributed by atoms with Crippen molar-refractivity contribution in [3.63, 3.8) is 0 Å². The molecule has 1 aromatic rings. The van der Waals surface area contributed by atoms with Crippen LogP contribution in [0.4, 0.5) is 0 Å². The number of aromatic nitrogens is 2. The molecule has 0 bridgehead atoms. The van der Waals surface area contributed by atoms with Crippen LogP contribution in [0.2, 0.25) is 0 Å². The molecule has 1 amide bonds. The molecule has 9 heteroatoms. The molecular weight excluding hydrogens is 342 g/mol. The lowest BCUT2D eigenvalue weighted by Gasteiger charge is -2.39. The van der Waals surface area contributed by atoms with E-state index in [1.54, 1.807) is 8.61 Å². The lowest BCUT2D eigenvalue weighted by atomic mass is 9.83. The van der Waals surface area contributed by atoms with E-state index in [0.717, 1.165) is 24.2 Å². The van der Waals surface area contributed by atoms with E-state index in [-0.39, 0.29) is 11.3 Å². The van der Waals surface area contributed by atoms with Crippen molar-refractivity contribution < 1.29 is 13.2 Å². The molecule has 0 radical (unpaired) electrons. The highest BCUT2D eigenvalue weighted by molar-refractivity contribution is 7.86. The van der Waals surface area contributed by atoms with Crippen LogP contribution >= 0.6 is 0 Å². The third-order valence-corrected chi connectivity index (χ3v) is 7.04. The minimum atomic E-state index is -3.44. The fourth-order valence-corrected chi connectivity index (χ4v) is 4.86. The van der Waals surface area contributed by atoms with E-state index < -0.39 is 10.2 Å². The summed E-state index contributed by atoms with van der Waals surface area (Å²) in [5, 5.41) is 7.15. The van der Waals surface area contributed by atoms with E-state index in [0.29, 0.717) is 39.3 Å². The number of rotatable bonds is 4. The van der Waals surface area contributed by atoms with Gasteiger partial charge in [-0.15, -0.1) is 0 Å². The standard InChI is InChI=1S/C16H27N5O3S/c1-13(22)17-11-14-10-15-12-20(8-9-21(15)18-14)25(23,24)19-6-4-16(2,3)5-7-19/h10H,4-9,11-12H2,1-3H3,(H,17,22). The number of nitrogens with zero attached hydrogens (tertiary/aromatic N) is 4. The first kappa shape index (κ1) is 18.3. The fourth-order valence-electron chi connectivity index (χ4n) is 3.29. The van der Waals surface area contributed by atoms with Crippen LogP contribution in [0.15, 0.2) is 6.07 Å². The molecule has 25 heavy (non-hydrogen) atoms. The molecule has 3 heterocycles. The van der Waals surface area contributed by atoms with Crippen LogP contribution in [0.25, 0.3) is 0 Å². The molecule has 0 atom stereocenters. The topological polar surface area (TPSA) is 87.5 Å². The summed E-state index contributed by atoms with van der Waals surface area (Å²) in [7, 11) is -3.44. The second kappa shape index (κ2) is 6.69. The van der Waals surface area contributed by atoms with Crippen molar-refractivity contribution in [3.05, 3.63) is 17.5 Å². The molecule has 1 aromatic heterocycles. The average Bonchev–Trinajstić information content (AvgIpc) is 2.94. The molecule has 0 aliphatic carbocycles. The summed E-state index contributed by atoms with van der Waals surface area (Å²) in [5.74, 6) is -0.108. The van der Waals surface area contributed by atoms with Crippen LogP contribution in [0, 0.1) is 5.41 Å². The molecule has 1 fully saturated rings. The molecule has 8 nitrogen and oxygen atoms in total. The predicted molar refractivity (Wildman–Crippen MR) is 93.7 cm³/mol. The van der Waals surface area contributed by atoms with Crippen LogP contribution < -0.4 is 5.32 Å². The highest BCUT2D eigenvalue weighted by atomic mass is 32.2. The van der Waals surface area contributed by atoms with Crippen molar-refractivity contribution in [1.29, 1.82) is 0 Å². The zero-order valence-electron chi connectivity index (χ0n) is 15.2. The summed E-state index contributed by atoms with van der Waals surface area (Å²) in [6.07, 6.45) is 1.78. The second-order valence-corrected chi connectivity index (χ2v) is 9.59. The van der Waals surface area contributed by atoms with Crippen LogP contribution in [-0.4, -0.2) is 52.4 Å². The number of piperidine rings is 1. The molecule has 0 unspecified atom stereocenters. The molecule has 1 saturated heterocycles. The molecule has 3 rings (SSSR count). The molecule has 0 spiro atoms. The Bertz CT molecular complexity index is 746. The van der Waals surface area contributed by atoms with Gasteiger partial charge in [-0.2, -0.15) is 22.1 Å². The molecule has 1 N–H and O–H groups in total. The van der Waals surface area contributed by atoms with Crippen molar-refractivity contribution in [2.45, 2.75) is 53.2 Å². The van der Waals surface area contributed by atoms with Gasteiger partial charge >= 0.3 is 0 Å². The van der Waals surface area contributed by atoms with Crippen LogP contribution in [0.1, 0.15) is 45.0 Å². The van der Waals surface area contributed by atoms with Crippen LogP contribution in [0.3, 0.4) is 0 Å². The smallest absolute Gasteiger partial charge is 0.282 e. The predicted octanol–water partition coefficient (Wildman–Crippen LogP) is 0.702. The Balaban J connectivity index is 1.68. The van der Waals surface area contributed by atoms with Crippen LogP contribution in [0.5, 0.6) is 0 Å². The van der Waals surface area contributed by atoms with Gasteiger partial charge in [0.05, 0.1) is 31.0 Å². The quantitative estimate of drug-likeness (QED) is 0.846. The van der Waals surface area contributed by atoms with Crippen molar-refractivity contribution in [3.8, 4) is 0 Å². The maximum atomic E-state index is 12.9. The summed E-state index contributed by atoms with van der Waals surface area (Å²) in [6, 6.07) is 1.87. The second-order valence-electron chi connectivity index (χ2n) is 7.66. The molecule has 140 valence electrons. The Morgan fingerprint density at radius 3 is 2.52 bits per heavy atom. The van der Waals surface area contributed by atoms with Gasteiger partial charge in [-0.25, -0.2) is 0 Å². The van der Waals surface area contributed by atoms with Crippen molar-refractivity contribution in [1.82, 2.24) is 23.7 Å². The lowest BCUT2D eigenvalue weighted by Crippen LogP contribution is -2.50. The maximum Gasteiger partial charge on any atom is 0.282 e. The zero-order chi connectivity index (χ0) is 18.2. The molecule has 2 aliphatic rings. The number of carbonyl (C=O) groups is 1. The minimum absolute atomic E-state index is 0.108. The van der Waals surface area contributed by atoms with Gasteiger partial charge in [0.1, 0.15) is 0 Å². The monoisotopic (exact) mass is 369 g/mol. The first-order chi connectivity index (χ1) is 11.7. The highest BCUT2D eigenvalue weighted by Gasteiger charge is 2.37. The summed E-state index contributed by atoms with van der Waals surface area (Å²) < 4.78 is 30.9. The lowest BCUT2D eigenvalue weighted by molar-refractivity contribution is -0.119. The normalized spacial score (nSPS) is 21.7. The Morgan fingerprint density at radius 1 is 1.20 bits per heavy atom. The first-order valence-corrected chi connectivity index (χ1v) is 10.1. The third kappa shape index (κ3) is 4.04. The zero-order valence-corrected chi connectivity index (χ0v) is 16.0. The number of nitrogens with one attached hydrogen (secondary N) is 1. The molecular formula is C16H27N5O3S. The van der Waals surface area contributed by atoms with Gasteiger partial charge < -0.3 is 5.32 Å². The van der Waals surface area contributed by atoms with E-state index >= 15 is 0 Å². The van der Waals surface area contributed by atoms with Gasteiger partial charge in [-0.1, -0.05) is 13.8 Å². The van der Waals surface area contributed by atoms with Crippen molar-refractivity contribution in [2.75, 3.05) is 19.6 Å². The maximum absolute atomic E-state index is 12.9. The van der Waals surface area contributed by atoms with Gasteiger partial charge in [-0.3, -0.25) is 9.48 Å². The van der Waals surface area contributed by atoms with Crippen LogP contribution in [-0.2, 0) is 34.6 Å². The van der Waals surface area contributed by atoms with Gasteiger partial charge in [-0.05, 0) is 24.3 Å². The molecule has 0 saturated carbocycles. The number of amides is 1.